The Morgan fingerprint density at radius 1 is 1.13 bits per heavy atom. The van der Waals surface area contributed by atoms with Crippen LogP contribution in [0.2, 0.25) is 5.02 Å². The number of nitrogens with zero attached hydrogens (tertiary/aromatic N) is 2. The molecule has 0 radical (unpaired) electrons. The first-order valence-electron chi connectivity index (χ1n) is 9.69. The van der Waals surface area contributed by atoms with Crippen molar-refractivity contribution in [3.8, 4) is 6.07 Å². The van der Waals surface area contributed by atoms with E-state index >= 15 is 0 Å². The van der Waals surface area contributed by atoms with Gasteiger partial charge in [-0.3, -0.25) is 9.69 Å². The van der Waals surface area contributed by atoms with Crippen LogP contribution in [0.1, 0.15) is 38.2 Å². The molecule has 152 valence electrons. The number of anilines is 1. The number of nitrogens with two attached hydrogens (primary N) is 1. The third kappa shape index (κ3) is 3.55. The van der Waals surface area contributed by atoms with Gasteiger partial charge in [-0.1, -0.05) is 53.5 Å². The molecule has 1 unspecified atom stereocenters. The third-order valence-corrected chi connectivity index (χ3v) is 6.45. The number of benzene rings is 2. The molecule has 0 amide bonds. The van der Waals surface area contributed by atoms with Gasteiger partial charge in [0.1, 0.15) is 5.82 Å². The topological polar surface area (TPSA) is 70.1 Å². The van der Waals surface area contributed by atoms with Crippen molar-refractivity contribution in [2.45, 2.75) is 32.6 Å². The Bertz CT molecular complexity index is 1120. The van der Waals surface area contributed by atoms with Gasteiger partial charge in [0.05, 0.1) is 17.6 Å². The van der Waals surface area contributed by atoms with Crippen LogP contribution in [0.5, 0.6) is 0 Å². The minimum Gasteiger partial charge on any atom is -0.384 e. The van der Waals surface area contributed by atoms with E-state index in [1.165, 1.54) is 0 Å². The fourth-order valence-electron chi connectivity index (χ4n) is 4.38. The molecule has 30 heavy (non-hydrogen) atoms. The van der Waals surface area contributed by atoms with Crippen LogP contribution >= 0.6 is 27.5 Å². The first-order chi connectivity index (χ1) is 14.2. The number of hydrogen-bond donors (Lipinski definition) is 1. The van der Waals surface area contributed by atoms with Crippen LogP contribution in [0.3, 0.4) is 0 Å². The van der Waals surface area contributed by atoms with Gasteiger partial charge in [-0.15, -0.1) is 0 Å². The molecule has 0 bridgehead atoms. The van der Waals surface area contributed by atoms with Crippen molar-refractivity contribution in [2.75, 3.05) is 4.90 Å². The number of allylic oxidation sites excluding steroid dienone is 3. The monoisotopic (exact) mass is 481 g/mol. The zero-order chi connectivity index (χ0) is 21.6. The number of rotatable bonds is 2. The summed E-state index contributed by atoms with van der Waals surface area (Å²) in [5, 5.41) is 10.7. The molecule has 0 aromatic heterocycles. The average Bonchev–Trinajstić information content (AvgIpc) is 2.68. The summed E-state index contributed by atoms with van der Waals surface area (Å²) >= 11 is 9.54. The molecule has 2 aliphatic rings. The van der Waals surface area contributed by atoms with Crippen molar-refractivity contribution in [1.29, 1.82) is 5.26 Å². The maximum Gasteiger partial charge on any atom is 0.162 e. The number of halogens is 2. The molecule has 2 N–H and O–H groups in total. The zero-order valence-electron chi connectivity index (χ0n) is 16.7. The summed E-state index contributed by atoms with van der Waals surface area (Å²) in [6.07, 6.45) is 1.12. The molecule has 0 saturated carbocycles. The van der Waals surface area contributed by atoms with Crippen molar-refractivity contribution in [3.05, 3.63) is 86.3 Å². The summed E-state index contributed by atoms with van der Waals surface area (Å²) < 4.78 is 0.936. The molecule has 1 heterocycles. The lowest BCUT2D eigenvalue weighted by atomic mass is 9.68. The maximum absolute atomic E-state index is 13.4. The van der Waals surface area contributed by atoms with Crippen molar-refractivity contribution >= 4 is 39.0 Å². The molecule has 2 aromatic rings. The largest absolute Gasteiger partial charge is 0.384 e. The average molecular weight is 483 g/mol. The fraction of sp³-hybridized carbons (Fsp3) is 0.250. The highest BCUT2D eigenvalue weighted by molar-refractivity contribution is 9.10. The molecular weight excluding hydrogens is 462 g/mol. The number of hydrogen-bond acceptors (Lipinski definition) is 4. The van der Waals surface area contributed by atoms with Crippen LogP contribution < -0.4 is 10.6 Å². The first-order valence-corrected chi connectivity index (χ1v) is 10.9. The lowest BCUT2D eigenvalue weighted by Crippen LogP contribution is -2.42. The predicted molar refractivity (Wildman–Crippen MR) is 123 cm³/mol. The van der Waals surface area contributed by atoms with E-state index in [2.05, 4.69) is 35.8 Å². The maximum atomic E-state index is 13.4. The van der Waals surface area contributed by atoms with Gasteiger partial charge in [0, 0.05) is 32.9 Å². The summed E-state index contributed by atoms with van der Waals surface area (Å²) in [6, 6.07) is 17.3. The Kier molecular flexibility index (Phi) is 5.25. The Morgan fingerprint density at radius 2 is 1.77 bits per heavy atom. The van der Waals surface area contributed by atoms with E-state index in [-0.39, 0.29) is 11.2 Å². The quantitative estimate of drug-likeness (QED) is 0.566. The van der Waals surface area contributed by atoms with Crippen molar-refractivity contribution in [1.82, 2.24) is 0 Å². The minimum absolute atomic E-state index is 0.0633. The van der Waals surface area contributed by atoms with E-state index in [9.17, 15) is 10.1 Å². The number of carbonyl (C=O) groups is 1. The van der Waals surface area contributed by atoms with Gasteiger partial charge in [-0.2, -0.15) is 5.26 Å². The summed E-state index contributed by atoms with van der Waals surface area (Å²) in [6.45, 7) is 4.17. The normalized spacial score (nSPS) is 20.8. The van der Waals surface area contributed by atoms with Gasteiger partial charge in [-0.25, -0.2) is 0 Å². The van der Waals surface area contributed by atoms with E-state index in [0.717, 1.165) is 21.4 Å². The van der Waals surface area contributed by atoms with Crippen LogP contribution in [0.25, 0.3) is 0 Å². The van der Waals surface area contributed by atoms with Gasteiger partial charge < -0.3 is 5.73 Å². The summed E-state index contributed by atoms with van der Waals surface area (Å²) in [7, 11) is 0. The highest BCUT2D eigenvalue weighted by Crippen LogP contribution is 2.50. The molecule has 1 atom stereocenters. The second kappa shape index (κ2) is 7.61. The Balaban J connectivity index is 1.98. The summed E-state index contributed by atoms with van der Waals surface area (Å²) in [4.78, 5) is 15.3. The lowest BCUT2D eigenvalue weighted by molar-refractivity contribution is -0.118. The van der Waals surface area contributed by atoms with Crippen LogP contribution in [-0.2, 0) is 4.79 Å². The van der Waals surface area contributed by atoms with Gasteiger partial charge in [0.25, 0.3) is 0 Å². The Labute approximate surface area is 189 Å². The summed E-state index contributed by atoms with van der Waals surface area (Å²) in [5.41, 5.74) is 9.99. The van der Waals surface area contributed by atoms with Gasteiger partial charge in [-0.05, 0) is 53.8 Å². The smallest absolute Gasteiger partial charge is 0.162 e. The Hall–Kier alpha value is -2.55. The highest BCUT2D eigenvalue weighted by atomic mass is 79.9. The van der Waals surface area contributed by atoms with Gasteiger partial charge in [0.15, 0.2) is 5.78 Å². The highest BCUT2D eigenvalue weighted by Gasteiger charge is 2.44. The zero-order valence-corrected chi connectivity index (χ0v) is 19.1. The second-order valence-electron chi connectivity index (χ2n) is 8.51. The SMILES string of the molecule is CC1(C)CC(=O)C2=C(C1)N(c1ccc(Cl)cc1)C(N)=C(C#N)C2c1ccc(Br)cc1. The molecule has 4 nitrogen and oxygen atoms in total. The molecular formula is C24H21BrClN3O. The third-order valence-electron chi connectivity index (χ3n) is 5.67. The Morgan fingerprint density at radius 3 is 2.37 bits per heavy atom. The molecule has 6 heteroatoms. The van der Waals surface area contributed by atoms with E-state index in [1.807, 2.05) is 41.3 Å². The molecule has 0 fully saturated rings. The molecule has 0 saturated heterocycles. The fourth-order valence-corrected chi connectivity index (χ4v) is 4.77. The number of nitriles is 1. The molecule has 2 aromatic carbocycles. The summed E-state index contributed by atoms with van der Waals surface area (Å²) in [5.74, 6) is -0.0457. The van der Waals surface area contributed by atoms with Crippen LogP contribution in [-0.4, -0.2) is 5.78 Å². The molecule has 1 aliphatic carbocycles. The molecule has 1 aliphatic heterocycles. The van der Waals surface area contributed by atoms with E-state index < -0.39 is 5.92 Å². The molecule has 0 spiro atoms. The number of Topliss-reactive ketones (excluding diaryl/α,β-unsaturated/α-hetero) is 1. The second-order valence-corrected chi connectivity index (χ2v) is 9.86. The van der Waals surface area contributed by atoms with Crippen molar-refractivity contribution in [2.24, 2.45) is 11.1 Å². The first kappa shape index (κ1) is 20.7. The van der Waals surface area contributed by atoms with Crippen LogP contribution in [0, 0.1) is 16.7 Å². The van der Waals surface area contributed by atoms with E-state index in [1.54, 1.807) is 12.1 Å². The standard InChI is InChI=1S/C24H21BrClN3O/c1-24(2)11-19-22(20(30)12-24)21(14-3-5-15(25)6-4-14)18(13-27)23(28)29(19)17-9-7-16(26)8-10-17/h3-10,21H,11-12,28H2,1-2H3. The van der Waals surface area contributed by atoms with E-state index in [4.69, 9.17) is 17.3 Å². The molecule has 4 rings (SSSR count). The van der Waals surface area contributed by atoms with E-state index in [0.29, 0.717) is 34.8 Å². The predicted octanol–water partition coefficient (Wildman–Crippen LogP) is 6.04. The van der Waals surface area contributed by atoms with Crippen LogP contribution in [0.15, 0.2) is 75.7 Å². The van der Waals surface area contributed by atoms with Crippen molar-refractivity contribution < 1.29 is 4.79 Å². The number of carbonyl (C=O) groups excluding carboxylic acids is 1. The van der Waals surface area contributed by atoms with Gasteiger partial charge >= 0.3 is 0 Å². The van der Waals surface area contributed by atoms with Gasteiger partial charge in [0.2, 0.25) is 0 Å². The van der Waals surface area contributed by atoms with Crippen molar-refractivity contribution in [3.63, 3.8) is 0 Å². The minimum atomic E-state index is -0.467. The lowest BCUT2D eigenvalue weighted by Gasteiger charge is -2.43. The number of ketones is 1. The van der Waals surface area contributed by atoms with Crippen LogP contribution in [0.4, 0.5) is 5.69 Å².